The molecule has 116 valence electrons. The average Bonchev–Trinajstić information content (AvgIpc) is 2.69. The normalized spacial score (nSPS) is 24.2. The first-order chi connectivity index (χ1) is 10.2. The monoisotopic (exact) mass is 307 g/mol. The highest BCUT2D eigenvalue weighted by Gasteiger charge is 2.25. The zero-order chi connectivity index (χ0) is 14.7. The number of fused-ring (bicyclic) bond motifs is 1. The van der Waals surface area contributed by atoms with E-state index in [0.29, 0.717) is 6.04 Å². The molecular formula is C18H26ClNO. The molecule has 2 aliphatic rings. The standard InChI is InChI=1S/C18H26ClNO/c1-13(14-6-4-2-3-5-7-14)20-12-17-11-15-10-16(19)8-9-18(15)21-17/h8-10,13-14,17,20H,2-7,11-12H2,1H3/t13-,17?/m1/s1. The van der Waals surface area contributed by atoms with Crippen LogP contribution in [-0.4, -0.2) is 18.7 Å². The van der Waals surface area contributed by atoms with E-state index >= 15 is 0 Å². The first-order valence-corrected chi connectivity index (χ1v) is 8.78. The minimum atomic E-state index is 0.256. The van der Waals surface area contributed by atoms with Gasteiger partial charge in [0.25, 0.3) is 0 Å². The summed E-state index contributed by atoms with van der Waals surface area (Å²) in [5.74, 6) is 1.85. The van der Waals surface area contributed by atoms with Crippen LogP contribution in [0.3, 0.4) is 0 Å². The van der Waals surface area contributed by atoms with Gasteiger partial charge in [-0.15, -0.1) is 0 Å². The molecule has 1 N–H and O–H groups in total. The number of ether oxygens (including phenoxy) is 1. The number of rotatable bonds is 4. The molecule has 21 heavy (non-hydrogen) atoms. The van der Waals surface area contributed by atoms with Crippen LogP contribution in [0.25, 0.3) is 0 Å². The molecule has 2 nitrogen and oxygen atoms in total. The van der Waals surface area contributed by atoms with Crippen molar-refractivity contribution in [2.24, 2.45) is 5.92 Å². The molecule has 1 aromatic carbocycles. The lowest BCUT2D eigenvalue weighted by molar-refractivity contribution is 0.211. The first-order valence-electron chi connectivity index (χ1n) is 8.41. The zero-order valence-corrected chi connectivity index (χ0v) is 13.7. The van der Waals surface area contributed by atoms with E-state index in [0.717, 1.165) is 29.7 Å². The molecule has 1 aliphatic carbocycles. The molecular weight excluding hydrogens is 282 g/mol. The molecule has 0 amide bonds. The Hall–Kier alpha value is -0.730. The molecule has 3 heteroatoms. The van der Waals surface area contributed by atoms with Gasteiger partial charge in [0.2, 0.25) is 0 Å². The third-order valence-electron chi connectivity index (χ3n) is 5.04. The second kappa shape index (κ2) is 7.02. The van der Waals surface area contributed by atoms with Gasteiger partial charge in [-0.1, -0.05) is 37.3 Å². The summed E-state index contributed by atoms with van der Waals surface area (Å²) in [5.41, 5.74) is 1.25. The Morgan fingerprint density at radius 1 is 1.24 bits per heavy atom. The van der Waals surface area contributed by atoms with Crippen molar-refractivity contribution in [2.75, 3.05) is 6.54 Å². The van der Waals surface area contributed by atoms with E-state index in [-0.39, 0.29) is 6.10 Å². The van der Waals surface area contributed by atoms with Crippen molar-refractivity contribution in [1.82, 2.24) is 5.32 Å². The van der Waals surface area contributed by atoms with Crippen LogP contribution in [-0.2, 0) is 6.42 Å². The summed E-state index contributed by atoms with van der Waals surface area (Å²) in [6, 6.07) is 6.53. The first kappa shape index (κ1) is 15.2. The minimum absolute atomic E-state index is 0.256. The van der Waals surface area contributed by atoms with Gasteiger partial charge in [-0.25, -0.2) is 0 Å². The van der Waals surface area contributed by atoms with Crippen molar-refractivity contribution in [1.29, 1.82) is 0 Å². The van der Waals surface area contributed by atoms with Crippen molar-refractivity contribution >= 4 is 11.6 Å². The van der Waals surface area contributed by atoms with E-state index in [1.165, 1.54) is 44.1 Å². The van der Waals surface area contributed by atoms with Crippen molar-refractivity contribution in [3.05, 3.63) is 28.8 Å². The summed E-state index contributed by atoms with van der Waals surface area (Å²) in [7, 11) is 0. The maximum absolute atomic E-state index is 6.04. The van der Waals surface area contributed by atoms with Crippen LogP contribution < -0.4 is 10.1 Å². The van der Waals surface area contributed by atoms with Crippen molar-refractivity contribution in [3.63, 3.8) is 0 Å². The van der Waals surface area contributed by atoms with Crippen LogP contribution >= 0.6 is 11.6 Å². The smallest absolute Gasteiger partial charge is 0.123 e. The number of halogens is 1. The molecule has 1 aromatic rings. The van der Waals surface area contributed by atoms with E-state index in [4.69, 9.17) is 16.3 Å². The van der Waals surface area contributed by atoms with Gasteiger partial charge in [0, 0.05) is 24.0 Å². The van der Waals surface area contributed by atoms with Crippen LogP contribution in [0.2, 0.25) is 5.02 Å². The Kier molecular flexibility index (Phi) is 5.07. The predicted molar refractivity (Wildman–Crippen MR) is 88.2 cm³/mol. The van der Waals surface area contributed by atoms with Crippen LogP contribution in [0.5, 0.6) is 5.75 Å². The van der Waals surface area contributed by atoms with Gasteiger partial charge in [-0.2, -0.15) is 0 Å². The second-order valence-electron chi connectivity index (χ2n) is 6.64. The lowest BCUT2D eigenvalue weighted by Crippen LogP contribution is -2.39. The Bertz CT molecular complexity index is 468. The van der Waals surface area contributed by atoms with E-state index < -0.39 is 0 Å². The van der Waals surface area contributed by atoms with Gasteiger partial charge in [0.05, 0.1) is 0 Å². The number of nitrogens with one attached hydrogen (secondary N) is 1. The summed E-state index contributed by atoms with van der Waals surface area (Å²) in [6.07, 6.45) is 9.65. The maximum Gasteiger partial charge on any atom is 0.123 e. The summed E-state index contributed by atoms with van der Waals surface area (Å²) in [4.78, 5) is 0. The van der Waals surface area contributed by atoms with Gasteiger partial charge in [-0.05, 0) is 49.4 Å². The number of hydrogen-bond donors (Lipinski definition) is 1. The summed E-state index contributed by atoms with van der Waals surface area (Å²) in [6.45, 7) is 3.28. The molecule has 0 radical (unpaired) electrons. The molecule has 1 unspecified atom stereocenters. The van der Waals surface area contributed by atoms with E-state index in [1.807, 2.05) is 18.2 Å². The quantitative estimate of drug-likeness (QED) is 0.821. The SMILES string of the molecule is C[C@@H](NCC1Cc2cc(Cl)ccc2O1)C1CCCCCC1. The fourth-order valence-electron chi connectivity index (χ4n) is 3.70. The van der Waals surface area contributed by atoms with Gasteiger partial charge in [0.15, 0.2) is 0 Å². The fraction of sp³-hybridized carbons (Fsp3) is 0.667. The second-order valence-corrected chi connectivity index (χ2v) is 7.08. The largest absolute Gasteiger partial charge is 0.488 e. The number of hydrogen-bond acceptors (Lipinski definition) is 2. The molecule has 0 bridgehead atoms. The van der Waals surface area contributed by atoms with Gasteiger partial charge >= 0.3 is 0 Å². The highest BCUT2D eigenvalue weighted by atomic mass is 35.5. The lowest BCUT2D eigenvalue weighted by atomic mass is 9.93. The van der Waals surface area contributed by atoms with Crippen LogP contribution in [0.4, 0.5) is 0 Å². The Balaban J connectivity index is 1.48. The molecule has 0 saturated heterocycles. The van der Waals surface area contributed by atoms with Crippen molar-refractivity contribution in [2.45, 2.75) is 64.0 Å². The van der Waals surface area contributed by atoms with Crippen LogP contribution in [0.1, 0.15) is 51.0 Å². The molecule has 0 spiro atoms. The highest BCUT2D eigenvalue weighted by molar-refractivity contribution is 6.30. The van der Waals surface area contributed by atoms with Gasteiger partial charge in [-0.3, -0.25) is 0 Å². The Labute approximate surface area is 133 Å². The van der Waals surface area contributed by atoms with E-state index in [2.05, 4.69) is 12.2 Å². The summed E-state index contributed by atoms with van der Waals surface area (Å²) < 4.78 is 6.00. The molecule has 0 aromatic heterocycles. The Morgan fingerprint density at radius 3 is 2.76 bits per heavy atom. The topological polar surface area (TPSA) is 21.3 Å². The van der Waals surface area contributed by atoms with Crippen LogP contribution in [0.15, 0.2) is 18.2 Å². The molecule has 1 saturated carbocycles. The zero-order valence-electron chi connectivity index (χ0n) is 12.9. The Morgan fingerprint density at radius 2 is 2.00 bits per heavy atom. The maximum atomic E-state index is 6.04. The third-order valence-corrected chi connectivity index (χ3v) is 5.27. The molecule has 3 rings (SSSR count). The predicted octanol–water partition coefficient (Wildman–Crippen LogP) is 4.59. The molecule has 2 atom stereocenters. The van der Waals surface area contributed by atoms with Crippen molar-refractivity contribution in [3.8, 4) is 5.75 Å². The lowest BCUT2D eigenvalue weighted by Gasteiger charge is -2.25. The van der Waals surface area contributed by atoms with E-state index in [9.17, 15) is 0 Å². The highest BCUT2D eigenvalue weighted by Crippen LogP contribution is 2.31. The summed E-state index contributed by atoms with van der Waals surface area (Å²) >= 11 is 6.04. The van der Waals surface area contributed by atoms with Gasteiger partial charge in [0.1, 0.15) is 11.9 Å². The van der Waals surface area contributed by atoms with Crippen molar-refractivity contribution < 1.29 is 4.74 Å². The molecule has 1 aliphatic heterocycles. The minimum Gasteiger partial charge on any atom is -0.488 e. The molecule has 1 fully saturated rings. The van der Waals surface area contributed by atoms with E-state index in [1.54, 1.807) is 0 Å². The molecule has 1 heterocycles. The number of benzene rings is 1. The van der Waals surface area contributed by atoms with Crippen LogP contribution in [0, 0.1) is 5.92 Å². The third kappa shape index (κ3) is 3.92. The summed E-state index contributed by atoms with van der Waals surface area (Å²) in [5, 5.41) is 4.52. The van der Waals surface area contributed by atoms with Gasteiger partial charge < -0.3 is 10.1 Å². The fourth-order valence-corrected chi connectivity index (χ4v) is 3.89. The average molecular weight is 308 g/mol.